The summed E-state index contributed by atoms with van der Waals surface area (Å²) in [6.45, 7) is 6.37. The van der Waals surface area contributed by atoms with Gasteiger partial charge in [-0.25, -0.2) is 4.98 Å². The molecule has 0 spiro atoms. The molecule has 3 nitrogen and oxygen atoms in total. The Morgan fingerprint density at radius 1 is 0.769 bits per heavy atom. The van der Waals surface area contributed by atoms with Crippen molar-refractivity contribution in [2.75, 3.05) is 5.73 Å². The zero-order valence-electron chi connectivity index (χ0n) is 15.5. The molecule has 2 aromatic carbocycles. The molecule has 2 heterocycles. The maximum absolute atomic E-state index is 6.15. The highest BCUT2D eigenvalue weighted by atomic mass is 14.9. The van der Waals surface area contributed by atoms with Gasteiger partial charge >= 0.3 is 0 Å². The second-order valence-corrected chi connectivity index (χ2v) is 7.25. The maximum Gasteiger partial charge on any atom is 0.150 e. The molecule has 3 heteroatoms. The summed E-state index contributed by atoms with van der Waals surface area (Å²) in [5.41, 5.74) is 14.3. The molecule has 0 aliphatic rings. The van der Waals surface area contributed by atoms with Crippen LogP contribution in [0.15, 0.2) is 48.7 Å². The quantitative estimate of drug-likeness (QED) is 0.529. The summed E-state index contributed by atoms with van der Waals surface area (Å²) in [5.74, 6) is 0.499. The molecule has 0 saturated carbocycles. The van der Waals surface area contributed by atoms with Gasteiger partial charge in [-0.1, -0.05) is 41.5 Å². The van der Waals surface area contributed by atoms with Crippen LogP contribution >= 0.6 is 0 Å². The van der Waals surface area contributed by atoms with E-state index in [9.17, 15) is 0 Å². The molecule has 0 radical (unpaired) electrons. The van der Waals surface area contributed by atoms with E-state index >= 15 is 0 Å². The Hall–Kier alpha value is -2.94. The van der Waals surface area contributed by atoms with Crippen molar-refractivity contribution in [3.05, 3.63) is 76.5 Å². The Morgan fingerprint density at radius 2 is 1.50 bits per heavy atom. The highest BCUT2D eigenvalue weighted by Crippen LogP contribution is 2.28. The summed E-state index contributed by atoms with van der Waals surface area (Å²) in [6.07, 6.45) is 3.90. The van der Waals surface area contributed by atoms with Crippen molar-refractivity contribution >= 4 is 27.6 Å². The first-order valence-electron chi connectivity index (χ1n) is 9.01. The molecule has 2 N–H and O–H groups in total. The average molecular weight is 341 g/mol. The number of fused-ring (bicyclic) bond motifs is 3. The Labute approximate surface area is 153 Å². The fourth-order valence-electron chi connectivity index (χ4n) is 3.70. The minimum absolute atomic E-state index is 0.499. The Bertz CT molecular complexity index is 1110. The zero-order valence-corrected chi connectivity index (χ0v) is 15.5. The van der Waals surface area contributed by atoms with E-state index in [2.05, 4.69) is 73.2 Å². The van der Waals surface area contributed by atoms with Crippen LogP contribution in [0.5, 0.6) is 0 Å². The van der Waals surface area contributed by atoms with Crippen LogP contribution < -0.4 is 5.73 Å². The molecule has 0 unspecified atom stereocenters. The molecule has 4 rings (SSSR count). The number of pyridine rings is 2. The van der Waals surface area contributed by atoms with E-state index < -0.39 is 0 Å². The van der Waals surface area contributed by atoms with Crippen LogP contribution in [0.1, 0.15) is 27.8 Å². The van der Waals surface area contributed by atoms with Crippen molar-refractivity contribution in [1.82, 2.24) is 9.97 Å². The van der Waals surface area contributed by atoms with Crippen LogP contribution in [0.4, 0.5) is 5.82 Å². The topological polar surface area (TPSA) is 51.8 Å². The maximum atomic E-state index is 6.15. The van der Waals surface area contributed by atoms with Crippen LogP contribution in [0.2, 0.25) is 0 Å². The lowest BCUT2D eigenvalue weighted by molar-refractivity contribution is 0.950. The van der Waals surface area contributed by atoms with Gasteiger partial charge in [0.2, 0.25) is 0 Å². The van der Waals surface area contributed by atoms with Crippen molar-refractivity contribution in [3.63, 3.8) is 0 Å². The number of nitrogen functional groups attached to an aromatic ring is 1. The molecule has 0 aliphatic carbocycles. The summed E-state index contributed by atoms with van der Waals surface area (Å²) < 4.78 is 0. The second kappa shape index (κ2) is 6.41. The summed E-state index contributed by atoms with van der Waals surface area (Å²) in [7, 11) is 0. The number of nitrogens with zero attached hydrogens (tertiary/aromatic N) is 2. The first-order valence-corrected chi connectivity index (χ1v) is 9.01. The smallest absolute Gasteiger partial charge is 0.150 e. The third-order valence-corrected chi connectivity index (χ3v) is 4.86. The Morgan fingerprint density at radius 3 is 2.27 bits per heavy atom. The van der Waals surface area contributed by atoms with E-state index in [1.807, 2.05) is 6.20 Å². The number of anilines is 1. The molecule has 0 bridgehead atoms. The second-order valence-electron chi connectivity index (χ2n) is 7.25. The van der Waals surface area contributed by atoms with E-state index in [1.165, 1.54) is 27.8 Å². The first-order chi connectivity index (χ1) is 12.5. The summed E-state index contributed by atoms with van der Waals surface area (Å²) >= 11 is 0. The minimum atomic E-state index is 0.499. The molecule has 0 amide bonds. The predicted octanol–water partition coefficient (Wildman–Crippen LogP) is 5.08. The summed E-state index contributed by atoms with van der Waals surface area (Å²) in [4.78, 5) is 9.14. The van der Waals surface area contributed by atoms with E-state index in [0.29, 0.717) is 5.82 Å². The minimum Gasteiger partial charge on any atom is -0.382 e. The highest BCUT2D eigenvalue weighted by molar-refractivity contribution is 6.08. The summed E-state index contributed by atoms with van der Waals surface area (Å²) in [5, 5.41) is 2.20. The fourth-order valence-corrected chi connectivity index (χ4v) is 3.70. The molecule has 0 fully saturated rings. The third-order valence-electron chi connectivity index (χ3n) is 4.86. The van der Waals surface area contributed by atoms with Gasteiger partial charge in [0.15, 0.2) is 5.82 Å². The number of rotatable bonds is 3. The van der Waals surface area contributed by atoms with Gasteiger partial charge in [0.25, 0.3) is 0 Å². The van der Waals surface area contributed by atoms with E-state index in [1.54, 1.807) is 0 Å². The zero-order chi connectivity index (χ0) is 18.3. The number of aromatic nitrogens is 2. The van der Waals surface area contributed by atoms with Crippen LogP contribution in [0, 0.1) is 20.8 Å². The van der Waals surface area contributed by atoms with Gasteiger partial charge in [-0.15, -0.1) is 0 Å². The van der Waals surface area contributed by atoms with E-state index in [0.717, 1.165) is 34.6 Å². The molecular weight excluding hydrogens is 318 g/mol. The Balaban J connectivity index is 1.73. The number of hydrogen-bond donors (Lipinski definition) is 1. The molecule has 0 aliphatic heterocycles. The third kappa shape index (κ3) is 3.13. The number of nitrogens with two attached hydrogens (primary N) is 1. The number of benzene rings is 2. The fraction of sp³-hybridized carbons (Fsp3) is 0.217. The van der Waals surface area contributed by atoms with Gasteiger partial charge in [0.05, 0.1) is 5.52 Å². The molecule has 2 aromatic heterocycles. The van der Waals surface area contributed by atoms with E-state index in [-0.39, 0.29) is 0 Å². The van der Waals surface area contributed by atoms with Crippen LogP contribution in [-0.4, -0.2) is 9.97 Å². The molecule has 4 aromatic rings. The monoisotopic (exact) mass is 341 g/mol. The van der Waals surface area contributed by atoms with E-state index in [4.69, 9.17) is 5.73 Å². The lowest BCUT2D eigenvalue weighted by Gasteiger charge is -2.09. The molecule has 0 atom stereocenters. The average Bonchev–Trinajstić information content (AvgIpc) is 2.59. The van der Waals surface area contributed by atoms with Gasteiger partial charge in [-0.3, -0.25) is 4.98 Å². The lowest BCUT2D eigenvalue weighted by Crippen LogP contribution is -1.98. The standard InChI is InChI=1S/C23H23N3/c1-14-4-7-19-20-12-18(6-5-17-9-15(2)8-16(3)10-17)13-25-22(20)23(24)26-21(19)11-14/h4,7-13H,5-6H2,1-3H3,(H2,24,26). The van der Waals surface area contributed by atoms with Crippen molar-refractivity contribution in [1.29, 1.82) is 0 Å². The van der Waals surface area contributed by atoms with Crippen LogP contribution in [0.3, 0.4) is 0 Å². The van der Waals surface area contributed by atoms with Gasteiger partial charge in [0, 0.05) is 17.0 Å². The SMILES string of the molecule is Cc1cc(C)cc(CCc2cnc3c(N)nc4cc(C)ccc4c3c2)c1. The van der Waals surface area contributed by atoms with Crippen LogP contribution in [0.25, 0.3) is 21.8 Å². The van der Waals surface area contributed by atoms with Gasteiger partial charge in [-0.2, -0.15) is 0 Å². The highest BCUT2D eigenvalue weighted by Gasteiger charge is 2.09. The number of hydrogen-bond acceptors (Lipinski definition) is 3. The van der Waals surface area contributed by atoms with Crippen molar-refractivity contribution < 1.29 is 0 Å². The largest absolute Gasteiger partial charge is 0.382 e. The first kappa shape index (κ1) is 16.5. The number of aryl methyl sites for hydroxylation is 5. The van der Waals surface area contributed by atoms with Crippen LogP contribution in [-0.2, 0) is 12.8 Å². The lowest BCUT2D eigenvalue weighted by atomic mass is 10.00. The molecular formula is C23H23N3. The molecule has 130 valence electrons. The normalized spacial score (nSPS) is 11.3. The van der Waals surface area contributed by atoms with Gasteiger partial charge in [-0.05, 0) is 62.4 Å². The van der Waals surface area contributed by atoms with Crippen molar-refractivity contribution in [3.8, 4) is 0 Å². The van der Waals surface area contributed by atoms with Gasteiger partial charge < -0.3 is 5.73 Å². The predicted molar refractivity (Wildman–Crippen MR) is 110 cm³/mol. The van der Waals surface area contributed by atoms with Gasteiger partial charge in [0.1, 0.15) is 5.52 Å². The molecule has 0 saturated heterocycles. The van der Waals surface area contributed by atoms with Crippen molar-refractivity contribution in [2.45, 2.75) is 33.6 Å². The molecule has 26 heavy (non-hydrogen) atoms. The Kier molecular flexibility index (Phi) is 4.08. The van der Waals surface area contributed by atoms with Crippen molar-refractivity contribution in [2.24, 2.45) is 0 Å². The summed E-state index contributed by atoms with van der Waals surface area (Å²) in [6, 6.07) is 15.3.